The summed E-state index contributed by atoms with van der Waals surface area (Å²) in [5, 5.41) is 2.77. The lowest BCUT2D eigenvalue weighted by Gasteiger charge is -2.33. The van der Waals surface area contributed by atoms with Crippen molar-refractivity contribution in [1.82, 2.24) is 19.3 Å². The van der Waals surface area contributed by atoms with E-state index in [1.165, 1.54) is 33.8 Å². The molecule has 2 N–H and O–H groups in total. The summed E-state index contributed by atoms with van der Waals surface area (Å²) in [6.45, 7) is 1.82. The fraction of sp³-hybridized carbons (Fsp3) is 0.267. The molecule has 11 heteroatoms. The second kappa shape index (κ2) is 6.34. The van der Waals surface area contributed by atoms with Crippen LogP contribution in [0, 0.1) is 0 Å². The molecule has 0 radical (unpaired) electrons. The maximum Gasteiger partial charge on any atom is 0.314 e. The highest BCUT2D eigenvalue weighted by atomic mass is 32.2. The molecule has 1 aliphatic heterocycles. The zero-order valence-corrected chi connectivity index (χ0v) is 15.1. The molecular weight excluding hydrogens is 378 g/mol. The Balaban J connectivity index is 1.61. The number of hydrogen-bond acceptors (Lipinski definition) is 7. The highest BCUT2D eigenvalue weighted by Crippen LogP contribution is 2.23. The average molecular weight is 393 g/mol. The topological polar surface area (TPSA) is 119 Å². The number of thiazole rings is 1. The predicted octanol–water partition coefficient (Wildman–Crippen LogP) is 0.184. The van der Waals surface area contributed by atoms with Crippen molar-refractivity contribution in [2.24, 2.45) is 0 Å². The second-order valence-electron chi connectivity index (χ2n) is 5.82. The number of hydrogen-bond donors (Lipinski definition) is 2. The van der Waals surface area contributed by atoms with E-state index in [1.807, 2.05) is 5.38 Å². The van der Waals surface area contributed by atoms with E-state index >= 15 is 0 Å². The molecule has 0 spiro atoms. The van der Waals surface area contributed by atoms with Crippen LogP contribution in [0.3, 0.4) is 0 Å². The fourth-order valence-corrected chi connectivity index (χ4v) is 5.04. The lowest BCUT2D eigenvalue weighted by atomic mass is 10.3. The van der Waals surface area contributed by atoms with Crippen LogP contribution in [0.5, 0.6) is 0 Å². The highest BCUT2D eigenvalue weighted by Gasteiger charge is 2.29. The Labute approximate surface area is 152 Å². The third-order valence-corrected chi connectivity index (χ3v) is 6.99. The number of aromatic amines is 2. The van der Waals surface area contributed by atoms with E-state index in [4.69, 9.17) is 0 Å². The normalized spacial score (nSPS) is 16.2. The van der Waals surface area contributed by atoms with Crippen molar-refractivity contribution in [2.75, 3.05) is 31.1 Å². The van der Waals surface area contributed by atoms with Gasteiger partial charge in [-0.1, -0.05) is 0 Å². The standard InChI is InChI=1S/C15H15N5O4S2/c21-13-14(22)18-12-9-10(1-2-11(12)17-13)26(23,24)20-6-4-19(5-7-20)15-16-3-8-25-15/h1-3,8-9H,4-7H2,(H,17,21)(H,18,22). The van der Waals surface area contributed by atoms with Crippen molar-refractivity contribution < 1.29 is 8.42 Å². The Kier molecular flexibility index (Phi) is 4.13. The number of anilines is 1. The van der Waals surface area contributed by atoms with Gasteiger partial charge in [-0.25, -0.2) is 13.4 Å². The van der Waals surface area contributed by atoms with Gasteiger partial charge in [0, 0.05) is 37.8 Å². The monoisotopic (exact) mass is 393 g/mol. The van der Waals surface area contributed by atoms with Crippen LogP contribution in [-0.4, -0.2) is 53.9 Å². The molecule has 1 saturated heterocycles. The van der Waals surface area contributed by atoms with Gasteiger partial charge in [0.15, 0.2) is 5.13 Å². The molecule has 0 saturated carbocycles. The molecule has 3 heterocycles. The lowest BCUT2D eigenvalue weighted by molar-refractivity contribution is 0.385. The van der Waals surface area contributed by atoms with Crippen molar-refractivity contribution in [1.29, 1.82) is 0 Å². The molecule has 0 atom stereocenters. The maximum atomic E-state index is 12.9. The first-order valence-electron chi connectivity index (χ1n) is 7.86. The predicted molar refractivity (Wildman–Crippen MR) is 98.3 cm³/mol. The van der Waals surface area contributed by atoms with E-state index in [0.29, 0.717) is 31.7 Å². The molecule has 2 aromatic heterocycles. The zero-order chi connectivity index (χ0) is 18.3. The summed E-state index contributed by atoms with van der Waals surface area (Å²) in [6, 6.07) is 4.28. The number of sulfonamides is 1. The molecule has 0 bridgehead atoms. The van der Waals surface area contributed by atoms with Gasteiger partial charge < -0.3 is 14.9 Å². The largest absolute Gasteiger partial charge is 0.345 e. The average Bonchev–Trinajstić information content (AvgIpc) is 3.17. The molecule has 0 aliphatic carbocycles. The summed E-state index contributed by atoms with van der Waals surface area (Å²) in [5.74, 6) is 0. The second-order valence-corrected chi connectivity index (χ2v) is 8.63. The van der Waals surface area contributed by atoms with Gasteiger partial charge in [0.05, 0.1) is 15.9 Å². The first kappa shape index (κ1) is 16.9. The Morgan fingerprint density at radius 1 is 1.00 bits per heavy atom. The van der Waals surface area contributed by atoms with Gasteiger partial charge in [-0.05, 0) is 18.2 Å². The molecule has 1 aromatic carbocycles. The van der Waals surface area contributed by atoms with E-state index in [-0.39, 0.29) is 10.4 Å². The Hall–Kier alpha value is -2.50. The van der Waals surface area contributed by atoms with Crippen LogP contribution in [0.15, 0.2) is 44.3 Å². The van der Waals surface area contributed by atoms with Gasteiger partial charge in [-0.3, -0.25) is 9.59 Å². The fourth-order valence-electron chi connectivity index (χ4n) is 2.90. The molecular formula is C15H15N5O4S2. The van der Waals surface area contributed by atoms with Crippen molar-refractivity contribution in [3.05, 3.63) is 50.5 Å². The molecule has 0 amide bonds. The number of aromatic nitrogens is 3. The van der Waals surface area contributed by atoms with Crippen molar-refractivity contribution in [3.8, 4) is 0 Å². The molecule has 136 valence electrons. The molecule has 1 fully saturated rings. The number of fused-ring (bicyclic) bond motifs is 1. The summed E-state index contributed by atoms with van der Waals surface area (Å²) >= 11 is 1.52. The molecule has 0 unspecified atom stereocenters. The van der Waals surface area contributed by atoms with E-state index in [2.05, 4.69) is 19.9 Å². The first-order valence-corrected chi connectivity index (χ1v) is 10.2. The van der Waals surface area contributed by atoms with Gasteiger partial charge in [0.1, 0.15) is 0 Å². The van der Waals surface area contributed by atoms with E-state index in [1.54, 1.807) is 6.20 Å². The van der Waals surface area contributed by atoms with Crippen LogP contribution >= 0.6 is 11.3 Å². The van der Waals surface area contributed by atoms with E-state index in [0.717, 1.165) is 5.13 Å². The number of rotatable bonds is 3. The van der Waals surface area contributed by atoms with Crippen LogP contribution < -0.4 is 16.0 Å². The van der Waals surface area contributed by atoms with Crippen LogP contribution in [0.4, 0.5) is 5.13 Å². The van der Waals surface area contributed by atoms with Gasteiger partial charge in [0.25, 0.3) is 0 Å². The summed E-state index contributed by atoms with van der Waals surface area (Å²) in [7, 11) is -3.69. The summed E-state index contributed by atoms with van der Waals surface area (Å²) in [6.07, 6.45) is 1.73. The van der Waals surface area contributed by atoms with Crippen LogP contribution in [0.25, 0.3) is 11.0 Å². The number of H-pyrrole nitrogens is 2. The van der Waals surface area contributed by atoms with Gasteiger partial charge in [0.2, 0.25) is 10.0 Å². The van der Waals surface area contributed by atoms with Crippen molar-refractivity contribution in [2.45, 2.75) is 4.90 Å². The molecule has 1 aliphatic rings. The van der Waals surface area contributed by atoms with Crippen LogP contribution in [0.2, 0.25) is 0 Å². The number of piperazine rings is 1. The third-order valence-electron chi connectivity index (χ3n) is 4.26. The lowest BCUT2D eigenvalue weighted by Crippen LogP contribution is -2.48. The van der Waals surface area contributed by atoms with Crippen molar-refractivity contribution >= 4 is 37.5 Å². The SMILES string of the molecule is O=c1[nH]c2ccc(S(=O)(=O)N3CCN(c4nccs4)CC3)cc2[nH]c1=O. The van der Waals surface area contributed by atoms with Crippen LogP contribution in [0.1, 0.15) is 0 Å². The number of nitrogens with zero attached hydrogens (tertiary/aromatic N) is 3. The van der Waals surface area contributed by atoms with Crippen molar-refractivity contribution in [3.63, 3.8) is 0 Å². The number of nitrogens with one attached hydrogen (secondary N) is 2. The molecule has 3 aromatic rings. The third kappa shape index (κ3) is 2.93. The highest BCUT2D eigenvalue weighted by molar-refractivity contribution is 7.89. The smallest absolute Gasteiger partial charge is 0.314 e. The molecule has 4 rings (SSSR count). The first-order chi connectivity index (χ1) is 12.4. The maximum absolute atomic E-state index is 12.9. The summed E-state index contributed by atoms with van der Waals surface area (Å²) < 4.78 is 27.2. The Bertz CT molecular complexity index is 1160. The Morgan fingerprint density at radius 2 is 1.69 bits per heavy atom. The van der Waals surface area contributed by atoms with Gasteiger partial charge >= 0.3 is 11.1 Å². The van der Waals surface area contributed by atoms with Gasteiger partial charge in [-0.2, -0.15) is 4.31 Å². The van der Waals surface area contributed by atoms with Crippen LogP contribution in [-0.2, 0) is 10.0 Å². The Morgan fingerprint density at radius 3 is 2.35 bits per heavy atom. The quantitative estimate of drug-likeness (QED) is 0.613. The summed E-state index contributed by atoms with van der Waals surface area (Å²) in [4.78, 5) is 34.0. The van der Waals surface area contributed by atoms with Gasteiger partial charge in [-0.15, -0.1) is 11.3 Å². The minimum atomic E-state index is -3.69. The minimum absolute atomic E-state index is 0.0791. The summed E-state index contributed by atoms with van der Waals surface area (Å²) in [5.41, 5.74) is -0.935. The zero-order valence-electron chi connectivity index (χ0n) is 13.5. The molecule has 26 heavy (non-hydrogen) atoms. The number of benzene rings is 1. The molecule has 9 nitrogen and oxygen atoms in total. The van der Waals surface area contributed by atoms with E-state index < -0.39 is 21.1 Å². The minimum Gasteiger partial charge on any atom is -0.345 e. The van der Waals surface area contributed by atoms with E-state index in [9.17, 15) is 18.0 Å².